The Balaban J connectivity index is 1.55. The minimum Gasteiger partial charge on any atom is -0.488 e. The average Bonchev–Trinajstić information content (AvgIpc) is 3.28. The van der Waals surface area contributed by atoms with Gasteiger partial charge in [-0.1, -0.05) is 54.6 Å². The highest BCUT2D eigenvalue weighted by Crippen LogP contribution is 2.52. The van der Waals surface area contributed by atoms with Crippen LogP contribution < -0.4 is 10.1 Å². The van der Waals surface area contributed by atoms with Crippen LogP contribution in [0.25, 0.3) is 0 Å². The Morgan fingerprint density at radius 2 is 1.82 bits per heavy atom. The fraction of sp³-hybridized carbons (Fsp3) is 0.240. The lowest BCUT2D eigenvalue weighted by atomic mass is 9.79. The number of hydrogen-bond donors (Lipinski definition) is 1. The number of rotatable bonds is 5. The van der Waals surface area contributed by atoms with Gasteiger partial charge in [0, 0.05) is 33.8 Å². The topological polar surface area (TPSA) is 84.7 Å². The number of carbonyl (C=O) groups excluding carboxylic acids is 1. The van der Waals surface area contributed by atoms with Crippen LogP contribution in [0, 0.1) is 15.9 Å². The van der Waals surface area contributed by atoms with Gasteiger partial charge in [-0.3, -0.25) is 19.8 Å². The van der Waals surface area contributed by atoms with Crippen molar-refractivity contribution in [3.8, 4) is 5.75 Å². The number of fused-ring (bicyclic) bond motifs is 2. The van der Waals surface area contributed by atoms with Crippen molar-refractivity contribution in [2.24, 2.45) is 0 Å². The normalized spacial score (nSPS) is 24.0. The lowest BCUT2D eigenvalue weighted by molar-refractivity contribution is -0.534. The summed E-state index contributed by atoms with van der Waals surface area (Å²) < 4.78 is 20.0. The Hall–Kier alpha value is -3.78. The van der Waals surface area contributed by atoms with Gasteiger partial charge in [-0.15, -0.1) is 0 Å². The van der Waals surface area contributed by atoms with Gasteiger partial charge in [0.2, 0.25) is 0 Å². The second-order valence-electron chi connectivity index (χ2n) is 8.40. The third-order valence-electron chi connectivity index (χ3n) is 6.70. The highest BCUT2D eigenvalue weighted by atomic mass is 19.1. The Bertz CT molecular complexity index is 1250. The Kier molecular flexibility index (Phi) is 5.09. The number of hydrogen-bond acceptors (Lipinski definition) is 5. The highest BCUT2D eigenvalue weighted by molar-refractivity contribution is 6.06. The molecule has 8 heteroatoms. The van der Waals surface area contributed by atoms with E-state index >= 15 is 0 Å². The first-order valence-electron chi connectivity index (χ1n) is 10.7. The summed E-state index contributed by atoms with van der Waals surface area (Å²) in [6.07, 6.45) is 0. The first-order chi connectivity index (χ1) is 15.9. The van der Waals surface area contributed by atoms with Crippen LogP contribution in [0.5, 0.6) is 5.75 Å². The van der Waals surface area contributed by atoms with E-state index in [4.69, 9.17) is 4.74 Å². The zero-order chi connectivity index (χ0) is 23.2. The maximum Gasteiger partial charge on any atom is 0.256 e. The molecule has 1 amide bonds. The summed E-state index contributed by atoms with van der Waals surface area (Å²) >= 11 is 0. The van der Waals surface area contributed by atoms with Gasteiger partial charge in [-0.05, 0) is 25.2 Å². The van der Waals surface area contributed by atoms with Crippen molar-refractivity contribution in [3.63, 3.8) is 0 Å². The van der Waals surface area contributed by atoms with Gasteiger partial charge in [0.15, 0.2) is 5.54 Å². The fourth-order valence-electron chi connectivity index (χ4n) is 5.25. The molecular formula is C25H22FN3O4. The first kappa shape index (κ1) is 21.1. The molecule has 3 aromatic rings. The van der Waals surface area contributed by atoms with Gasteiger partial charge in [-0.2, -0.15) is 0 Å². The van der Waals surface area contributed by atoms with Gasteiger partial charge in [0.25, 0.3) is 11.9 Å². The standard InChI is InChI=1S/C25H22FN3O4/c1-28-14-18(17-9-3-7-13-22(17)33-15-16-8-2-5-11-20(16)26)23(29(31)32)25(28)19-10-4-6-12-21(19)27-24(25)30/h2-13,18,23H,14-15H2,1H3,(H,27,30)/t18-,23-,25-/m1/s1. The quantitative estimate of drug-likeness (QED) is 0.473. The molecule has 0 aromatic heterocycles. The molecular weight excluding hydrogens is 425 g/mol. The van der Waals surface area contributed by atoms with E-state index in [0.717, 1.165) is 0 Å². The van der Waals surface area contributed by atoms with E-state index in [-0.39, 0.29) is 23.9 Å². The molecule has 1 spiro atoms. The van der Waals surface area contributed by atoms with E-state index in [9.17, 15) is 19.3 Å². The van der Waals surface area contributed by atoms with E-state index in [2.05, 4.69) is 5.32 Å². The van der Waals surface area contributed by atoms with Crippen LogP contribution in [0.3, 0.4) is 0 Å². The molecule has 0 aliphatic carbocycles. The number of ether oxygens (including phenoxy) is 1. The lowest BCUT2D eigenvalue weighted by Gasteiger charge is -2.30. The Morgan fingerprint density at radius 3 is 2.61 bits per heavy atom. The molecule has 3 atom stereocenters. The summed E-state index contributed by atoms with van der Waals surface area (Å²) in [5.74, 6) is -0.953. The van der Waals surface area contributed by atoms with Crippen molar-refractivity contribution in [2.45, 2.75) is 24.1 Å². The number of nitro groups is 1. The molecule has 33 heavy (non-hydrogen) atoms. The SMILES string of the molecule is CN1C[C@H](c2ccccc2OCc2ccccc2F)[C@@H]([N+](=O)[O-])[C@]12C(=O)Nc1ccccc12. The average molecular weight is 447 g/mol. The summed E-state index contributed by atoms with van der Waals surface area (Å²) in [7, 11) is 1.74. The Morgan fingerprint density at radius 1 is 1.12 bits per heavy atom. The highest BCUT2D eigenvalue weighted by Gasteiger charge is 2.68. The van der Waals surface area contributed by atoms with Crippen molar-refractivity contribution in [1.29, 1.82) is 0 Å². The third-order valence-corrected chi connectivity index (χ3v) is 6.70. The molecule has 1 fully saturated rings. The van der Waals surface area contributed by atoms with Gasteiger partial charge in [-0.25, -0.2) is 4.39 Å². The van der Waals surface area contributed by atoms with Crippen molar-refractivity contribution in [2.75, 3.05) is 18.9 Å². The fourth-order valence-corrected chi connectivity index (χ4v) is 5.25. The predicted octanol–water partition coefficient (Wildman–Crippen LogP) is 3.93. The molecule has 168 valence electrons. The summed E-state index contributed by atoms with van der Waals surface area (Å²) in [6.45, 7) is 0.275. The second kappa shape index (κ2) is 7.97. The smallest absolute Gasteiger partial charge is 0.256 e. The maximum absolute atomic E-state index is 14.1. The van der Waals surface area contributed by atoms with Crippen molar-refractivity contribution < 1.29 is 18.8 Å². The summed E-state index contributed by atoms with van der Waals surface area (Å²) in [6, 6.07) is 19.2. The number of amides is 1. The van der Waals surface area contributed by atoms with Gasteiger partial charge in [0.1, 0.15) is 18.2 Å². The lowest BCUT2D eigenvalue weighted by Crippen LogP contribution is -2.54. The van der Waals surface area contributed by atoms with E-state index in [1.165, 1.54) is 6.07 Å². The van der Waals surface area contributed by atoms with Crippen LogP contribution >= 0.6 is 0 Å². The molecule has 0 radical (unpaired) electrons. The summed E-state index contributed by atoms with van der Waals surface area (Å²) in [5, 5.41) is 15.3. The van der Waals surface area contributed by atoms with Gasteiger partial charge in [0.05, 0.1) is 5.92 Å². The van der Waals surface area contributed by atoms with Gasteiger partial charge < -0.3 is 10.1 Å². The summed E-state index contributed by atoms with van der Waals surface area (Å²) in [5.41, 5.74) is 0.778. The molecule has 0 saturated carbocycles. The third kappa shape index (κ3) is 3.17. The number of para-hydroxylation sites is 2. The van der Waals surface area contributed by atoms with E-state index in [1.54, 1.807) is 78.7 Å². The number of anilines is 1. The predicted molar refractivity (Wildman–Crippen MR) is 120 cm³/mol. The minimum absolute atomic E-state index is 0.0101. The molecule has 5 rings (SSSR count). The van der Waals surface area contributed by atoms with Crippen LogP contribution in [-0.4, -0.2) is 35.4 Å². The monoisotopic (exact) mass is 447 g/mol. The molecule has 2 aliphatic heterocycles. The molecule has 3 aromatic carbocycles. The van der Waals surface area contributed by atoms with Crippen LogP contribution in [0.15, 0.2) is 72.8 Å². The van der Waals surface area contributed by atoms with Crippen molar-refractivity contribution in [3.05, 3.63) is 105 Å². The molecule has 0 unspecified atom stereocenters. The Labute approximate surface area is 189 Å². The number of likely N-dealkylation sites (tertiary alicyclic amines) is 1. The van der Waals surface area contributed by atoms with Crippen LogP contribution in [0.2, 0.25) is 0 Å². The second-order valence-corrected chi connectivity index (χ2v) is 8.40. The van der Waals surface area contributed by atoms with Gasteiger partial charge >= 0.3 is 0 Å². The molecule has 2 aliphatic rings. The van der Waals surface area contributed by atoms with E-state index < -0.39 is 23.4 Å². The zero-order valence-electron chi connectivity index (χ0n) is 17.9. The largest absolute Gasteiger partial charge is 0.488 e. The van der Waals surface area contributed by atoms with E-state index in [1.807, 2.05) is 0 Å². The molecule has 7 nitrogen and oxygen atoms in total. The van der Waals surface area contributed by atoms with Crippen LogP contribution in [0.4, 0.5) is 10.1 Å². The molecule has 1 saturated heterocycles. The van der Waals surface area contributed by atoms with Crippen molar-refractivity contribution in [1.82, 2.24) is 4.90 Å². The number of halogens is 1. The molecule has 1 N–H and O–H groups in total. The van der Waals surface area contributed by atoms with Crippen LogP contribution in [0.1, 0.15) is 22.6 Å². The van der Waals surface area contributed by atoms with E-state index in [0.29, 0.717) is 28.1 Å². The number of nitrogens with zero attached hydrogens (tertiary/aromatic N) is 2. The zero-order valence-corrected chi connectivity index (χ0v) is 17.9. The summed E-state index contributed by atoms with van der Waals surface area (Å²) in [4.78, 5) is 27.2. The molecule has 0 bridgehead atoms. The maximum atomic E-state index is 14.1. The number of benzene rings is 3. The first-order valence-corrected chi connectivity index (χ1v) is 10.7. The number of nitrogens with one attached hydrogen (secondary N) is 1. The molecule has 2 heterocycles. The van der Waals surface area contributed by atoms with Crippen molar-refractivity contribution >= 4 is 11.6 Å². The number of likely N-dealkylation sites (N-methyl/N-ethyl adjacent to an activating group) is 1. The minimum atomic E-state index is -1.43. The number of carbonyl (C=O) groups is 1. The van der Waals surface area contributed by atoms with Crippen LogP contribution in [-0.2, 0) is 16.9 Å².